The van der Waals surface area contributed by atoms with Crippen molar-refractivity contribution in [2.45, 2.75) is 13.5 Å². The van der Waals surface area contributed by atoms with Crippen LogP contribution in [0.1, 0.15) is 17.4 Å². The maximum atomic E-state index is 12.4. The Morgan fingerprint density at radius 1 is 1.19 bits per heavy atom. The third-order valence-corrected chi connectivity index (χ3v) is 6.33. The molecule has 0 atom stereocenters. The number of allylic oxidation sites excluding steroid dienone is 1. The van der Waals surface area contributed by atoms with Gasteiger partial charge in [-0.25, -0.2) is 0 Å². The van der Waals surface area contributed by atoms with Crippen molar-refractivity contribution >= 4 is 57.0 Å². The lowest BCUT2D eigenvalue weighted by atomic mass is 9.99. The number of nitrogens with one attached hydrogen (secondary N) is 1. The van der Waals surface area contributed by atoms with Gasteiger partial charge in [0.25, 0.3) is 0 Å². The number of carbonyl (C=O) groups is 1. The maximum absolute atomic E-state index is 12.4. The van der Waals surface area contributed by atoms with Crippen molar-refractivity contribution in [2.24, 2.45) is 0 Å². The highest BCUT2D eigenvalue weighted by atomic mass is 35.5. The number of carbonyl (C=O) groups excluding carboxylic acids is 1. The minimum atomic E-state index is -0.166. The van der Waals surface area contributed by atoms with Crippen molar-refractivity contribution in [1.82, 2.24) is 5.32 Å². The number of hydrogen-bond acceptors (Lipinski definition) is 4. The monoisotopic (exact) mass is 471 g/mol. The molecule has 0 saturated carbocycles. The molecule has 4 nitrogen and oxygen atoms in total. The molecule has 0 radical (unpaired) electrons. The molecule has 0 fully saturated rings. The first-order chi connectivity index (χ1) is 15.0. The van der Waals surface area contributed by atoms with Crippen LogP contribution in [0.15, 0.2) is 64.6 Å². The molecule has 0 unspecified atom stereocenters. The SMILES string of the molecule is COc1cc2occ(-c3ccc(Cl)cc3Cl)c2cc1/C(C)=C/C(=O)NCc1cccs1. The summed E-state index contributed by atoms with van der Waals surface area (Å²) in [7, 11) is 1.59. The number of hydrogen-bond donors (Lipinski definition) is 1. The van der Waals surface area contributed by atoms with Gasteiger partial charge in [0.05, 0.1) is 24.9 Å². The van der Waals surface area contributed by atoms with Crippen LogP contribution in [0.25, 0.3) is 27.7 Å². The van der Waals surface area contributed by atoms with Crippen LogP contribution in [0.2, 0.25) is 10.0 Å². The zero-order valence-corrected chi connectivity index (χ0v) is 19.2. The van der Waals surface area contributed by atoms with E-state index in [2.05, 4.69) is 5.32 Å². The van der Waals surface area contributed by atoms with Crippen LogP contribution < -0.4 is 10.1 Å². The van der Waals surface area contributed by atoms with E-state index < -0.39 is 0 Å². The lowest BCUT2D eigenvalue weighted by Gasteiger charge is -2.10. The molecule has 0 saturated heterocycles. The van der Waals surface area contributed by atoms with E-state index in [4.69, 9.17) is 32.4 Å². The van der Waals surface area contributed by atoms with Crippen LogP contribution in [-0.4, -0.2) is 13.0 Å². The molecular formula is C24H19Cl2NO3S. The van der Waals surface area contributed by atoms with E-state index in [0.717, 1.165) is 32.5 Å². The zero-order valence-electron chi connectivity index (χ0n) is 16.9. The molecule has 4 rings (SSSR count). The highest BCUT2D eigenvalue weighted by molar-refractivity contribution is 7.09. The summed E-state index contributed by atoms with van der Waals surface area (Å²) in [6.07, 6.45) is 3.24. The predicted molar refractivity (Wildman–Crippen MR) is 128 cm³/mol. The molecule has 158 valence electrons. The number of amides is 1. The molecule has 0 aliphatic heterocycles. The second kappa shape index (κ2) is 9.18. The van der Waals surface area contributed by atoms with Gasteiger partial charge in [-0.1, -0.05) is 35.3 Å². The van der Waals surface area contributed by atoms with E-state index in [-0.39, 0.29) is 5.91 Å². The summed E-state index contributed by atoms with van der Waals surface area (Å²) in [4.78, 5) is 13.5. The standard InChI is InChI=1S/C24H19Cl2NO3S/c1-14(8-24(28)27-12-16-4-3-7-31-16)18-10-19-20(13-30-23(19)11-22(18)29-2)17-6-5-15(25)9-21(17)26/h3-11,13H,12H2,1-2H3,(H,27,28)/b14-8+. The van der Waals surface area contributed by atoms with Gasteiger partial charge in [-0.05, 0) is 42.1 Å². The van der Waals surface area contributed by atoms with E-state index in [9.17, 15) is 4.79 Å². The van der Waals surface area contributed by atoms with Crippen molar-refractivity contribution in [1.29, 1.82) is 0 Å². The van der Waals surface area contributed by atoms with Crippen LogP contribution in [0.4, 0.5) is 0 Å². The molecule has 0 aliphatic carbocycles. The fourth-order valence-corrected chi connectivity index (χ4v) is 4.52. The van der Waals surface area contributed by atoms with E-state index >= 15 is 0 Å². The summed E-state index contributed by atoms with van der Waals surface area (Å²) >= 11 is 14.1. The number of fused-ring (bicyclic) bond motifs is 1. The molecular weight excluding hydrogens is 453 g/mol. The average molecular weight is 472 g/mol. The van der Waals surface area contributed by atoms with Crippen molar-refractivity contribution in [2.75, 3.05) is 7.11 Å². The fourth-order valence-electron chi connectivity index (χ4n) is 3.36. The lowest BCUT2D eigenvalue weighted by molar-refractivity contribution is -0.116. The van der Waals surface area contributed by atoms with Gasteiger partial charge < -0.3 is 14.5 Å². The third kappa shape index (κ3) is 4.64. The van der Waals surface area contributed by atoms with Gasteiger partial charge in [0.15, 0.2) is 0 Å². The Morgan fingerprint density at radius 3 is 2.74 bits per heavy atom. The number of furan rings is 1. The van der Waals surface area contributed by atoms with Crippen LogP contribution in [-0.2, 0) is 11.3 Å². The Morgan fingerprint density at radius 2 is 2.03 bits per heavy atom. The normalized spacial score (nSPS) is 11.7. The van der Waals surface area contributed by atoms with Gasteiger partial charge in [-0.2, -0.15) is 0 Å². The number of thiophene rings is 1. The molecule has 2 heterocycles. The molecule has 1 amide bonds. The molecule has 0 aliphatic rings. The Kier molecular flexibility index (Phi) is 6.37. The van der Waals surface area contributed by atoms with Crippen molar-refractivity contribution in [3.05, 3.63) is 80.7 Å². The van der Waals surface area contributed by atoms with Gasteiger partial charge in [0, 0.05) is 44.1 Å². The lowest BCUT2D eigenvalue weighted by Crippen LogP contribution is -2.20. The molecule has 31 heavy (non-hydrogen) atoms. The first kappa shape index (κ1) is 21.5. The van der Waals surface area contributed by atoms with Gasteiger partial charge >= 0.3 is 0 Å². The van der Waals surface area contributed by atoms with Crippen molar-refractivity contribution in [3.8, 4) is 16.9 Å². The molecule has 7 heteroatoms. The van der Waals surface area contributed by atoms with E-state index in [1.54, 1.807) is 42.9 Å². The number of benzene rings is 2. The summed E-state index contributed by atoms with van der Waals surface area (Å²) in [6.45, 7) is 2.38. The minimum Gasteiger partial charge on any atom is -0.496 e. The highest BCUT2D eigenvalue weighted by Gasteiger charge is 2.16. The van der Waals surface area contributed by atoms with Gasteiger partial charge in [-0.15, -0.1) is 11.3 Å². The average Bonchev–Trinajstić information content (AvgIpc) is 3.41. The van der Waals surface area contributed by atoms with Crippen LogP contribution in [0.3, 0.4) is 0 Å². The van der Waals surface area contributed by atoms with E-state index in [1.165, 1.54) is 0 Å². The number of halogens is 2. The second-order valence-corrected chi connectivity index (χ2v) is 8.82. The molecule has 0 spiro atoms. The molecule has 4 aromatic rings. The van der Waals surface area contributed by atoms with Crippen LogP contribution in [0, 0.1) is 0 Å². The minimum absolute atomic E-state index is 0.166. The van der Waals surface area contributed by atoms with Gasteiger partial charge in [0.2, 0.25) is 5.91 Å². The first-order valence-electron chi connectivity index (χ1n) is 9.50. The molecule has 0 bridgehead atoms. The Bertz CT molecular complexity index is 1280. The largest absolute Gasteiger partial charge is 0.496 e. The quantitative estimate of drug-likeness (QED) is 0.302. The topological polar surface area (TPSA) is 51.5 Å². The van der Waals surface area contributed by atoms with Gasteiger partial charge in [0.1, 0.15) is 11.3 Å². The zero-order chi connectivity index (χ0) is 22.0. The Balaban J connectivity index is 1.70. The molecule has 2 aromatic heterocycles. The fraction of sp³-hybridized carbons (Fsp3) is 0.125. The smallest absolute Gasteiger partial charge is 0.244 e. The van der Waals surface area contributed by atoms with E-state index in [1.807, 2.05) is 42.6 Å². The first-order valence-corrected chi connectivity index (χ1v) is 11.1. The number of ether oxygens (including phenoxy) is 1. The molecule has 1 N–H and O–H groups in total. The van der Waals surface area contributed by atoms with Crippen LogP contribution in [0.5, 0.6) is 5.75 Å². The summed E-state index contributed by atoms with van der Waals surface area (Å²) in [5, 5.41) is 6.86. The van der Waals surface area contributed by atoms with Crippen molar-refractivity contribution < 1.29 is 13.9 Å². The maximum Gasteiger partial charge on any atom is 0.244 e. The Labute approximate surface area is 194 Å². The third-order valence-electron chi connectivity index (χ3n) is 4.91. The Hall–Kier alpha value is -2.73. The van der Waals surface area contributed by atoms with Crippen molar-refractivity contribution in [3.63, 3.8) is 0 Å². The summed E-state index contributed by atoms with van der Waals surface area (Å²) in [5.41, 5.74) is 3.90. The predicted octanol–water partition coefficient (Wildman–Crippen LogP) is 7.20. The highest BCUT2D eigenvalue weighted by Crippen LogP contribution is 2.40. The number of methoxy groups -OCH3 is 1. The summed E-state index contributed by atoms with van der Waals surface area (Å²) in [5.74, 6) is 0.455. The number of rotatable bonds is 6. The summed E-state index contributed by atoms with van der Waals surface area (Å²) in [6, 6.07) is 13.1. The molecule has 2 aromatic carbocycles. The van der Waals surface area contributed by atoms with E-state index in [0.29, 0.717) is 27.9 Å². The second-order valence-electron chi connectivity index (χ2n) is 6.95. The summed E-state index contributed by atoms with van der Waals surface area (Å²) < 4.78 is 11.3. The van der Waals surface area contributed by atoms with Crippen LogP contribution >= 0.6 is 34.5 Å². The van der Waals surface area contributed by atoms with Gasteiger partial charge in [-0.3, -0.25) is 4.79 Å².